The van der Waals surface area contributed by atoms with Crippen LogP contribution in [0.25, 0.3) is 0 Å². The van der Waals surface area contributed by atoms with Gasteiger partial charge in [-0.2, -0.15) is 0 Å². The van der Waals surface area contributed by atoms with Gasteiger partial charge in [0.15, 0.2) is 0 Å². The van der Waals surface area contributed by atoms with Crippen molar-refractivity contribution >= 4 is 15.4 Å². The molecule has 0 amide bonds. The first kappa shape index (κ1) is 11.2. The average molecular weight is 213 g/mol. The summed E-state index contributed by atoms with van der Waals surface area (Å²) in [6, 6.07) is 9.60. The zero-order chi connectivity index (χ0) is 10.4. The summed E-state index contributed by atoms with van der Waals surface area (Å²) in [4.78, 5) is 0. The molecule has 0 spiro atoms. The highest BCUT2D eigenvalue weighted by Gasteiger charge is 1.97. The lowest BCUT2D eigenvalue weighted by Crippen LogP contribution is -2.24. The van der Waals surface area contributed by atoms with Crippen molar-refractivity contribution < 1.29 is 8.76 Å². The van der Waals surface area contributed by atoms with Crippen molar-refractivity contribution in [3.63, 3.8) is 0 Å². The summed E-state index contributed by atoms with van der Waals surface area (Å²) in [5.74, 6) is 0. The van der Waals surface area contributed by atoms with E-state index in [2.05, 4.69) is 4.72 Å². The van der Waals surface area contributed by atoms with Crippen molar-refractivity contribution in [1.82, 2.24) is 4.72 Å². The monoisotopic (exact) mass is 213 g/mol. The van der Waals surface area contributed by atoms with Gasteiger partial charge in [0.2, 0.25) is 0 Å². The summed E-state index contributed by atoms with van der Waals surface area (Å²) in [6.07, 6.45) is 0.503. The molecule has 0 aromatic heterocycles. The minimum Gasteiger partial charge on any atom is -0.302 e. The van der Waals surface area contributed by atoms with E-state index in [-0.39, 0.29) is 0 Å². The van der Waals surface area contributed by atoms with Crippen molar-refractivity contribution in [1.29, 1.82) is 0 Å². The Morgan fingerprint density at radius 2 is 2.07 bits per heavy atom. The SMILES string of the molecule is CCNS(=O)(O)=CCc1ccccc1. The third kappa shape index (κ3) is 3.91. The van der Waals surface area contributed by atoms with E-state index in [4.69, 9.17) is 0 Å². The Morgan fingerprint density at radius 3 is 2.64 bits per heavy atom. The van der Waals surface area contributed by atoms with Gasteiger partial charge >= 0.3 is 0 Å². The minimum atomic E-state index is -2.95. The minimum absolute atomic E-state index is 0.487. The molecule has 14 heavy (non-hydrogen) atoms. The van der Waals surface area contributed by atoms with Crippen LogP contribution in [0.2, 0.25) is 0 Å². The maximum Gasteiger partial charge on any atom is 0.141 e. The fraction of sp³-hybridized carbons (Fsp3) is 0.300. The van der Waals surface area contributed by atoms with Gasteiger partial charge in [-0.1, -0.05) is 37.3 Å². The van der Waals surface area contributed by atoms with E-state index in [1.165, 1.54) is 5.37 Å². The van der Waals surface area contributed by atoms with Crippen LogP contribution in [0.4, 0.5) is 0 Å². The number of nitrogens with one attached hydrogen (secondary N) is 1. The molecule has 1 aromatic carbocycles. The first-order chi connectivity index (χ1) is 6.64. The molecule has 2 N–H and O–H groups in total. The zero-order valence-electron chi connectivity index (χ0n) is 8.14. The summed E-state index contributed by atoms with van der Waals surface area (Å²) >= 11 is 0. The van der Waals surface area contributed by atoms with E-state index in [0.717, 1.165) is 5.56 Å². The third-order valence-electron chi connectivity index (χ3n) is 1.74. The lowest BCUT2D eigenvalue weighted by molar-refractivity contribution is 0.546. The molecule has 0 saturated heterocycles. The van der Waals surface area contributed by atoms with Crippen molar-refractivity contribution in [3.8, 4) is 0 Å². The van der Waals surface area contributed by atoms with Crippen LogP contribution in [0, 0.1) is 0 Å². The van der Waals surface area contributed by atoms with E-state index < -0.39 is 9.99 Å². The Hall–Kier alpha value is -0.840. The topological polar surface area (TPSA) is 49.3 Å². The van der Waals surface area contributed by atoms with Crippen molar-refractivity contribution in [2.75, 3.05) is 6.54 Å². The normalized spacial score (nSPS) is 14.7. The first-order valence-corrected chi connectivity index (χ1v) is 6.10. The van der Waals surface area contributed by atoms with E-state index in [1.54, 1.807) is 6.92 Å². The predicted octanol–water partition coefficient (Wildman–Crippen LogP) is 1.31. The Morgan fingerprint density at radius 1 is 1.43 bits per heavy atom. The molecular formula is C10H15NO2S. The first-order valence-electron chi connectivity index (χ1n) is 4.52. The Labute approximate surface area is 85.1 Å². The van der Waals surface area contributed by atoms with Crippen LogP contribution >= 0.6 is 0 Å². The molecule has 1 atom stereocenters. The van der Waals surface area contributed by atoms with Gasteiger partial charge in [-0.05, 0) is 5.56 Å². The summed E-state index contributed by atoms with van der Waals surface area (Å²) in [5, 5.41) is 1.41. The molecule has 1 rings (SSSR count). The maximum absolute atomic E-state index is 11.3. The maximum atomic E-state index is 11.3. The molecule has 0 aliphatic rings. The molecule has 0 heterocycles. The van der Waals surface area contributed by atoms with Gasteiger partial charge in [0.1, 0.15) is 9.99 Å². The van der Waals surface area contributed by atoms with Gasteiger partial charge in [-0.15, -0.1) is 0 Å². The molecule has 4 heteroatoms. The molecule has 0 aliphatic heterocycles. The van der Waals surface area contributed by atoms with Crippen LogP contribution in [0.5, 0.6) is 0 Å². The Bertz CT molecular complexity index is 380. The molecule has 1 aromatic rings. The third-order valence-corrected chi connectivity index (χ3v) is 3.06. The molecule has 78 valence electrons. The molecule has 0 radical (unpaired) electrons. The summed E-state index contributed by atoms with van der Waals surface area (Å²) in [5.41, 5.74) is 1.03. The Balaban J connectivity index is 2.68. The highest BCUT2D eigenvalue weighted by atomic mass is 32.2. The largest absolute Gasteiger partial charge is 0.302 e. The second kappa shape index (κ2) is 5.14. The number of benzene rings is 1. The average Bonchev–Trinajstić information content (AvgIpc) is 2.17. The van der Waals surface area contributed by atoms with Crippen LogP contribution in [-0.4, -0.2) is 20.7 Å². The standard InChI is InChI=1S/C10H15NO2S/c1-2-11-14(12,13)9-8-10-6-4-3-5-7-10/h3-7,9H,2,8H2,1H3,(H2,11,12,13). The van der Waals surface area contributed by atoms with E-state index in [0.29, 0.717) is 13.0 Å². The lowest BCUT2D eigenvalue weighted by atomic mass is 10.2. The van der Waals surface area contributed by atoms with Gasteiger partial charge in [0.05, 0.1) is 0 Å². The molecule has 1 unspecified atom stereocenters. The molecule has 0 fully saturated rings. The zero-order valence-corrected chi connectivity index (χ0v) is 8.96. The van der Waals surface area contributed by atoms with Gasteiger partial charge in [0.25, 0.3) is 0 Å². The molecule has 0 aliphatic carbocycles. The second-order valence-electron chi connectivity index (χ2n) is 2.92. The lowest BCUT2D eigenvalue weighted by Gasteiger charge is -2.03. The smallest absolute Gasteiger partial charge is 0.141 e. The molecule has 0 saturated carbocycles. The second-order valence-corrected chi connectivity index (χ2v) is 4.68. The van der Waals surface area contributed by atoms with E-state index in [9.17, 15) is 8.76 Å². The highest BCUT2D eigenvalue weighted by Crippen LogP contribution is 1.97. The van der Waals surface area contributed by atoms with Crippen LogP contribution in [-0.2, 0) is 16.4 Å². The van der Waals surface area contributed by atoms with Crippen molar-refractivity contribution in [2.24, 2.45) is 0 Å². The van der Waals surface area contributed by atoms with Gasteiger partial charge in [-0.3, -0.25) is 0 Å². The van der Waals surface area contributed by atoms with Crippen LogP contribution in [0.1, 0.15) is 12.5 Å². The summed E-state index contributed by atoms with van der Waals surface area (Å²) < 4.78 is 23.2. The fourth-order valence-corrected chi connectivity index (χ4v) is 2.04. The summed E-state index contributed by atoms with van der Waals surface area (Å²) in [6.45, 7) is 2.28. The Kier molecular flexibility index (Phi) is 4.13. The van der Waals surface area contributed by atoms with Crippen LogP contribution in [0.15, 0.2) is 30.3 Å². The number of rotatable bonds is 4. The molecular weight excluding hydrogens is 198 g/mol. The van der Waals surface area contributed by atoms with Crippen LogP contribution < -0.4 is 4.72 Å². The quantitative estimate of drug-likeness (QED) is 0.741. The molecule has 3 nitrogen and oxygen atoms in total. The molecule has 0 bridgehead atoms. The van der Waals surface area contributed by atoms with Gasteiger partial charge < -0.3 is 4.55 Å². The highest BCUT2D eigenvalue weighted by molar-refractivity contribution is 7.94. The summed E-state index contributed by atoms with van der Waals surface area (Å²) in [7, 11) is -2.95. The van der Waals surface area contributed by atoms with E-state index in [1.807, 2.05) is 30.3 Å². The fourth-order valence-electron chi connectivity index (χ4n) is 1.09. The van der Waals surface area contributed by atoms with E-state index >= 15 is 0 Å². The number of hydrogen-bond acceptors (Lipinski definition) is 1. The van der Waals surface area contributed by atoms with Gasteiger partial charge in [0, 0.05) is 18.3 Å². The van der Waals surface area contributed by atoms with Crippen molar-refractivity contribution in [2.45, 2.75) is 13.3 Å². The number of hydrogen-bond donors (Lipinski definition) is 2. The van der Waals surface area contributed by atoms with Crippen LogP contribution in [0.3, 0.4) is 0 Å². The predicted molar refractivity (Wildman–Crippen MR) is 60.7 cm³/mol. The van der Waals surface area contributed by atoms with Crippen molar-refractivity contribution in [3.05, 3.63) is 35.9 Å². The van der Waals surface area contributed by atoms with Gasteiger partial charge in [-0.25, -0.2) is 8.93 Å².